The molecular formula is C22H23N3O4. The molecule has 1 heterocycles. The number of imide groups is 1. The van der Waals surface area contributed by atoms with Crippen LogP contribution >= 0.6 is 0 Å². The van der Waals surface area contributed by atoms with Gasteiger partial charge in [-0.15, -0.1) is 0 Å². The third kappa shape index (κ3) is 4.29. The summed E-state index contributed by atoms with van der Waals surface area (Å²) in [4.78, 5) is 38.3. The number of carbonyl (C=O) groups is 3. The van der Waals surface area contributed by atoms with Gasteiger partial charge in [-0.3, -0.25) is 19.3 Å². The van der Waals surface area contributed by atoms with Gasteiger partial charge in [0.1, 0.15) is 11.4 Å². The molecule has 0 fully saturated rings. The highest BCUT2D eigenvalue weighted by Crippen LogP contribution is 2.31. The highest BCUT2D eigenvalue weighted by molar-refractivity contribution is 6.36. The van der Waals surface area contributed by atoms with Gasteiger partial charge in [0.05, 0.1) is 12.7 Å². The number of carbonyl (C=O) groups excluding carboxylic acids is 3. The predicted octanol–water partition coefficient (Wildman–Crippen LogP) is 3.26. The maximum absolute atomic E-state index is 13.0. The van der Waals surface area contributed by atoms with Gasteiger partial charge < -0.3 is 15.4 Å². The molecule has 0 aliphatic carbocycles. The van der Waals surface area contributed by atoms with E-state index in [0.29, 0.717) is 41.2 Å². The van der Waals surface area contributed by atoms with Gasteiger partial charge in [0.2, 0.25) is 5.91 Å². The standard InChI is InChI=1S/C22H23N3O4/c1-4-13-25-21(27)19(15-5-11-18(29-3)12-6-15)20(22(25)28)24-17-9-7-16(8-10-17)23-14(2)26/h5-12,24H,4,13H2,1-3H3,(H,23,26). The number of rotatable bonds is 7. The van der Waals surface area contributed by atoms with Crippen molar-refractivity contribution in [2.24, 2.45) is 0 Å². The zero-order valence-electron chi connectivity index (χ0n) is 16.6. The fraction of sp³-hybridized carbons (Fsp3) is 0.227. The largest absolute Gasteiger partial charge is 0.497 e. The number of hydrogen-bond acceptors (Lipinski definition) is 5. The Hall–Kier alpha value is -3.61. The molecule has 2 N–H and O–H groups in total. The maximum atomic E-state index is 13.0. The predicted molar refractivity (Wildman–Crippen MR) is 111 cm³/mol. The third-order valence-corrected chi connectivity index (χ3v) is 4.47. The van der Waals surface area contributed by atoms with Gasteiger partial charge in [0, 0.05) is 24.8 Å². The van der Waals surface area contributed by atoms with Crippen LogP contribution in [0.2, 0.25) is 0 Å². The summed E-state index contributed by atoms with van der Waals surface area (Å²) in [6, 6.07) is 14.0. The molecule has 0 unspecified atom stereocenters. The normalized spacial score (nSPS) is 13.7. The average molecular weight is 393 g/mol. The van der Waals surface area contributed by atoms with Crippen molar-refractivity contribution in [1.29, 1.82) is 0 Å². The second-order valence-electron chi connectivity index (χ2n) is 6.62. The molecule has 7 heteroatoms. The van der Waals surface area contributed by atoms with Crippen LogP contribution in [0.25, 0.3) is 5.57 Å². The number of benzene rings is 2. The second-order valence-corrected chi connectivity index (χ2v) is 6.62. The van der Waals surface area contributed by atoms with E-state index >= 15 is 0 Å². The van der Waals surface area contributed by atoms with Crippen molar-refractivity contribution in [3.63, 3.8) is 0 Å². The first-order valence-electron chi connectivity index (χ1n) is 9.34. The summed E-state index contributed by atoms with van der Waals surface area (Å²) < 4.78 is 5.18. The number of amides is 3. The van der Waals surface area contributed by atoms with Crippen LogP contribution in [-0.4, -0.2) is 36.3 Å². The summed E-state index contributed by atoms with van der Waals surface area (Å²) in [6.45, 7) is 3.70. The lowest BCUT2D eigenvalue weighted by molar-refractivity contribution is -0.136. The molecule has 29 heavy (non-hydrogen) atoms. The second kappa shape index (κ2) is 8.60. The Labute approximate surface area is 169 Å². The lowest BCUT2D eigenvalue weighted by Gasteiger charge is -2.14. The van der Waals surface area contributed by atoms with E-state index < -0.39 is 0 Å². The lowest BCUT2D eigenvalue weighted by atomic mass is 10.0. The molecule has 2 aromatic rings. The topological polar surface area (TPSA) is 87.7 Å². The first kappa shape index (κ1) is 20.1. The molecule has 0 spiro atoms. The van der Waals surface area contributed by atoms with Crippen LogP contribution in [0, 0.1) is 0 Å². The molecule has 1 aliphatic heterocycles. The quantitative estimate of drug-likeness (QED) is 0.705. The van der Waals surface area contributed by atoms with Crippen LogP contribution in [-0.2, 0) is 14.4 Å². The number of anilines is 2. The minimum Gasteiger partial charge on any atom is -0.497 e. The molecule has 0 bridgehead atoms. The minimum absolute atomic E-state index is 0.165. The van der Waals surface area contributed by atoms with E-state index in [1.165, 1.54) is 11.8 Å². The molecule has 3 amide bonds. The molecule has 0 saturated heterocycles. The summed E-state index contributed by atoms with van der Waals surface area (Å²) in [6.07, 6.45) is 0.673. The van der Waals surface area contributed by atoms with E-state index in [0.717, 1.165) is 0 Å². The van der Waals surface area contributed by atoms with Gasteiger partial charge >= 0.3 is 0 Å². The Kier molecular flexibility index (Phi) is 5.97. The number of ether oxygens (including phenoxy) is 1. The number of hydrogen-bond donors (Lipinski definition) is 2. The Morgan fingerprint density at radius 2 is 1.59 bits per heavy atom. The minimum atomic E-state index is -0.353. The van der Waals surface area contributed by atoms with E-state index in [-0.39, 0.29) is 23.4 Å². The van der Waals surface area contributed by atoms with Crippen molar-refractivity contribution in [2.75, 3.05) is 24.3 Å². The molecule has 1 aliphatic rings. The van der Waals surface area contributed by atoms with Crippen molar-refractivity contribution < 1.29 is 19.1 Å². The zero-order valence-corrected chi connectivity index (χ0v) is 16.6. The van der Waals surface area contributed by atoms with Crippen LogP contribution in [0.15, 0.2) is 54.2 Å². The first-order chi connectivity index (χ1) is 13.9. The molecule has 150 valence electrons. The van der Waals surface area contributed by atoms with Gasteiger partial charge in [0.15, 0.2) is 0 Å². The molecule has 0 aromatic heterocycles. The molecule has 0 atom stereocenters. The molecular weight excluding hydrogens is 370 g/mol. The Morgan fingerprint density at radius 1 is 0.966 bits per heavy atom. The van der Waals surface area contributed by atoms with Gasteiger partial charge in [-0.05, 0) is 48.4 Å². The van der Waals surface area contributed by atoms with Crippen LogP contribution < -0.4 is 15.4 Å². The van der Waals surface area contributed by atoms with E-state index in [1.54, 1.807) is 55.6 Å². The van der Waals surface area contributed by atoms with Gasteiger partial charge in [-0.1, -0.05) is 19.1 Å². The van der Waals surface area contributed by atoms with Crippen LogP contribution in [0.4, 0.5) is 11.4 Å². The Bertz CT molecular complexity index is 963. The highest BCUT2D eigenvalue weighted by Gasteiger charge is 2.38. The molecule has 0 radical (unpaired) electrons. The van der Waals surface area contributed by atoms with Crippen molar-refractivity contribution in [3.05, 3.63) is 59.8 Å². The van der Waals surface area contributed by atoms with Crippen molar-refractivity contribution in [3.8, 4) is 5.75 Å². The summed E-state index contributed by atoms with van der Waals surface area (Å²) in [5, 5.41) is 5.78. The molecule has 7 nitrogen and oxygen atoms in total. The van der Waals surface area contributed by atoms with Crippen molar-refractivity contribution in [2.45, 2.75) is 20.3 Å². The first-order valence-corrected chi connectivity index (χ1v) is 9.34. The Balaban J connectivity index is 1.97. The maximum Gasteiger partial charge on any atom is 0.278 e. The van der Waals surface area contributed by atoms with Crippen LogP contribution in [0.5, 0.6) is 5.75 Å². The smallest absolute Gasteiger partial charge is 0.278 e. The summed E-state index contributed by atoms with van der Waals surface area (Å²) in [7, 11) is 1.57. The monoisotopic (exact) mass is 393 g/mol. The molecule has 3 rings (SSSR count). The zero-order chi connectivity index (χ0) is 21.0. The lowest BCUT2D eigenvalue weighted by Crippen LogP contribution is -2.33. The number of methoxy groups -OCH3 is 1. The van der Waals surface area contributed by atoms with Gasteiger partial charge in [0.25, 0.3) is 11.8 Å². The summed E-state index contributed by atoms with van der Waals surface area (Å²) in [5.74, 6) is -0.172. The van der Waals surface area contributed by atoms with Gasteiger partial charge in [-0.2, -0.15) is 0 Å². The average Bonchev–Trinajstić information content (AvgIpc) is 2.94. The van der Waals surface area contributed by atoms with E-state index in [2.05, 4.69) is 10.6 Å². The van der Waals surface area contributed by atoms with Crippen molar-refractivity contribution in [1.82, 2.24) is 4.90 Å². The summed E-state index contributed by atoms with van der Waals surface area (Å²) in [5.41, 5.74) is 2.49. The van der Waals surface area contributed by atoms with Crippen LogP contribution in [0.1, 0.15) is 25.8 Å². The van der Waals surface area contributed by atoms with Crippen molar-refractivity contribution >= 4 is 34.7 Å². The number of nitrogens with zero attached hydrogens (tertiary/aromatic N) is 1. The Morgan fingerprint density at radius 3 is 2.14 bits per heavy atom. The third-order valence-electron chi connectivity index (χ3n) is 4.47. The van der Waals surface area contributed by atoms with E-state index in [1.807, 2.05) is 6.92 Å². The SMILES string of the molecule is CCCN1C(=O)C(Nc2ccc(NC(C)=O)cc2)=C(c2ccc(OC)cc2)C1=O. The van der Waals surface area contributed by atoms with Crippen LogP contribution in [0.3, 0.4) is 0 Å². The molecule has 2 aromatic carbocycles. The fourth-order valence-electron chi connectivity index (χ4n) is 3.13. The summed E-state index contributed by atoms with van der Waals surface area (Å²) >= 11 is 0. The fourth-order valence-corrected chi connectivity index (χ4v) is 3.13. The number of nitrogens with one attached hydrogen (secondary N) is 2. The molecule has 0 saturated carbocycles. The van der Waals surface area contributed by atoms with E-state index in [4.69, 9.17) is 4.74 Å². The van der Waals surface area contributed by atoms with E-state index in [9.17, 15) is 14.4 Å². The van der Waals surface area contributed by atoms with Gasteiger partial charge in [-0.25, -0.2) is 0 Å². The highest BCUT2D eigenvalue weighted by atomic mass is 16.5.